The van der Waals surface area contributed by atoms with E-state index in [4.69, 9.17) is 0 Å². The average Bonchev–Trinajstić information content (AvgIpc) is 3.46. The predicted molar refractivity (Wildman–Crippen MR) is 131 cm³/mol. The zero-order valence-corrected chi connectivity index (χ0v) is 21.2. The Bertz CT molecular complexity index is 1480. The Balaban J connectivity index is 0.00000259. The quantitative estimate of drug-likeness (QED) is 0.371. The van der Waals surface area contributed by atoms with E-state index < -0.39 is 0 Å². The molecule has 0 saturated carbocycles. The van der Waals surface area contributed by atoms with Crippen molar-refractivity contribution in [3.05, 3.63) is 96.0 Å². The highest BCUT2D eigenvalue weighted by Crippen LogP contribution is 2.46. The van der Waals surface area contributed by atoms with Gasteiger partial charge in [0.25, 0.3) is 10.6 Å². The van der Waals surface area contributed by atoms with Crippen molar-refractivity contribution >= 4 is 51.2 Å². The molecule has 33 heavy (non-hydrogen) atoms. The molecular weight excluding hydrogens is 497 g/mol. The van der Waals surface area contributed by atoms with Gasteiger partial charge in [0.15, 0.2) is 12.7 Å². The number of halogens is 2. The lowest BCUT2D eigenvalue weighted by atomic mass is 10.2. The van der Waals surface area contributed by atoms with E-state index in [0.717, 1.165) is 26.1 Å². The second-order valence-corrected chi connectivity index (χ2v) is 10.4. The third-order valence-corrected chi connectivity index (χ3v) is 8.70. The minimum atomic E-state index is -0.271. The molecule has 4 aromatic rings. The smallest absolute Gasteiger partial charge is 0.271 e. The fourth-order valence-electron chi connectivity index (χ4n) is 3.79. The molecule has 0 amide bonds. The van der Waals surface area contributed by atoms with Crippen LogP contribution in [-0.4, -0.2) is 11.6 Å². The summed E-state index contributed by atoms with van der Waals surface area (Å²) in [5.74, 6) is -0.271. The van der Waals surface area contributed by atoms with Crippen molar-refractivity contribution < 1.29 is 21.4 Å². The van der Waals surface area contributed by atoms with Crippen molar-refractivity contribution in [2.45, 2.75) is 24.9 Å². The molecule has 0 saturated heterocycles. The number of rotatable bonds is 4. The molecule has 9 heteroatoms. The molecular formula is C24H21ClFN3OS3. The van der Waals surface area contributed by atoms with E-state index in [2.05, 4.69) is 34.4 Å². The van der Waals surface area contributed by atoms with Crippen LogP contribution in [0.25, 0.3) is 11.1 Å². The number of benzene rings is 2. The molecule has 1 aliphatic heterocycles. The van der Waals surface area contributed by atoms with Crippen molar-refractivity contribution in [3.63, 3.8) is 0 Å². The van der Waals surface area contributed by atoms with Gasteiger partial charge in [-0.15, -0.1) is 11.3 Å². The first-order valence-electron chi connectivity index (χ1n) is 10.2. The minimum absolute atomic E-state index is 0. The van der Waals surface area contributed by atoms with Crippen LogP contribution in [0.2, 0.25) is 0 Å². The van der Waals surface area contributed by atoms with E-state index >= 15 is 0 Å². The number of para-hydroxylation sites is 1. The summed E-state index contributed by atoms with van der Waals surface area (Å²) in [7, 11) is 1.82. The van der Waals surface area contributed by atoms with Gasteiger partial charge >= 0.3 is 0 Å². The number of thioether (sulfide) groups is 1. The predicted octanol–water partition coefficient (Wildman–Crippen LogP) is 0.607. The zero-order valence-electron chi connectivity index (χ0n) is 18.0. The van der Waals surface area contributed by atoms with Crippen LogP contribution in [0, 0.1) is 5.82 Å². The molecule has 170 valence electrons. The lowest BCUT2D eigenvalue weighted by molar-refractivity contribution is -0.685. The van der Waals surface area contributed by atoms with Crippen molar-refractivity contribution in [2.75, 3.05) is 11.9 Å². The molecule has 0 radical (unpaired) electrons. The van der Waals surface area contributed by atoms with Crippen LogP contribution >= 0.6 is 34.4 Å². The third-order valence-electron chi connectivity index (χ3n) is 5.37. The zero-order chi connectivity index (χ0) is 22.2. The van der Waals surface area contributed by atoms with Crippen LogP contribution in [0.1, 0.15) is 17.5 Å². The third kappa shape index (κ3) is 4.40. The molecule has 0 aliphatic carbocycles. The fourth-order valence-corrected chi connectivity index (χ4v) is 7.12. The Kier molecular flexibility index (Phi) is 7.09. The summed E-state index contributed by atoms with van der Waals surface area (Å²) in [6.45, 7) is 3.33. The topological polar surface area (TPSA) is 29.1 Å². The number of thiazole rings is 2. The van der Waals surface area contributed by atoms with Gasteiger partial charge < -0.3 is 17.3 Å². The summed E-state index contributed by atoms with van der Waals surface area (Å²) in [6.07, 6.45) is 4.15. The summed E-state index contributed by atoms with van der Waals surface area (Å²) in [5, 5.41) is 3.92. The minimum Gasteiger partial charge on any atom is -1.00 e. The number of nitrogens with zero attached hydrogens (tertiary/aromatic N) is 3. The van der Waals surface area contributed by atoms with Crippen LogP contribution in [0.3, 0.4) is 0 Å². The van der Waals surface area contributed by atoms with Crippen molar-refractivity contribution in [1.29, 1.82) is 0 Å². The van der Waals surface area contributed by atoms with Gasteiger partial charge in [-0.3, -0.25) is 9.36 Å². The molecule has 2 aromatic heterocycles. The van der Waals surface area contributed by atoms with Gasteiger partial charge in [0.1, 0.15) is 20.0 Å². The van der Waals surface area contributed by atoms with E-state index in [1.807, 2.05) is 38.2 Å². The Morgan fingerprint density at radius 2 is 1.91 bits per heavy atom. The maximum Gasteiger partial charge on any atom is 0.271 e. The number of hydrogen-bond acceptors (Lipinski definition) is 5. The SMILES string of the molecule is CCn1c(=O)/c(=C2\Sc3cccc(F)c3N2C)s/c1=C\c1scc[n+]1Cc1ccccc1.[Cl-]. The monoisotopic (exact) mass is 517 g/mol. The van der Waals surface area contributed by atoms with E-state index in [0.29, 0.717) is 16.8 Å². The fraction of sp³-hybridized carbons (Fsp3) is 0.167. The first-order valence-corrected chi connectivity index (χ1v) is 12.7. The Hall–Kier alpha value is -2.39. The molecule has 0 N–H and O–H groups in total. The van der Waals surface area contributed by atoms with Gasteiger partial charge in [-0.05, 0) is 19.1 Å². The van der Waals surface area contributed by atoms with E-state index in [1.54, 1.807) is 26.9 Å². The first kappa shape index (κ1) is 23.8. The van der Waals surface area contributed by atoms with Gasteiger partial charge in [-0.1, -0.05) is 59.5 Å². The van der Waals surface area contributed by atoms with Crippen LogP contribution in [0.5, 0.6) is 0 Å². The standard InChI is InChI=1S/C24H21FN3OS3.ClH/c1-3-28-20(14-19-27(12-13-30-19)15-16-8-5-4-6-9-16)32-22(23(28)29)24-26(2)21-17(25)10-7-11-18(21)31-24;/h4-14H,3,15H2,1-2H3;1H/q+1;/p-1/b24-22+;. The van der Waals surface area contributed by atoms with Gasteiger partial charge in [0, 0.05) is 24.1 Å². The molecule has 2 aromatic carbocycles. The second kappa shape index (κ2) is 9.85. The number of anilines is 1. The van der Waals surface area contributed by atoms with Gasteiger partial charge in [-0.2, -0.15) is 4.57 Å². The lowest BCUT2D eigenvalue weighted by Gasteiger charge is -2.12. The van der Waals surface area contributed by atoms with Crippen LogP contribution in [0.4, 0.5) is 10.1 Å². The van der Waals surface area contributed by atoms with Crippen molar-refractivity contribution in [2.24, 2.45) is 0 Å². The molecule has 0 spiro atoms. The number of hydrogen-bond donors (Lipinski definition) is 0. The molecule has 0 atom stereocenters. The Morgan fingerprint density at radius 1 is 1.12 bits per heavy atom. The van der Waals surface area contributed by atoms with Crippen LogP contribution in [-0.2, 0) is 13.1 Å². The maximum atomic E-state index is 14.4. The van der Waals surface area contributed by atoms with E-state index in [9.17, 15) is 9.18 Å². The average molecular weight is 518 g/mol. The molecule has 4 nitrogen and oxygen atoms in total. The summed E-state index contributed by atoms with van der Waals surface area (Å²) in [4.78, 5) is 15.9. The van der Waals surface area contributed by atoms with E-state index in [-0.39, 0.29) is 23.8 Å². The van der Waals surface area contributed by atoms with Crippen LogP contribution in [0.15, 0.2) is 69.8 Å². The first-order chi connectivity index (χ1) is 15.6. The second-order valence-electron chi connectivity index (χ2n) is 7.37. The summed E-state index contributed by atoms with van der Waals surface area (Å²) < 4.78 is 19.9. The summed E-state index contributed by atoms with van der Waals surface area (Å²) in [6, 6.07) is 15.4. The number of aromatic nitrogens is 2. The van der Waals surface area contributed by atoms with E-state index in [1.165, 1.54) is 34.7 Å². The van der Waals surface area contributed by atoms with Gasteiger partial charge in [-0.25, -0.2) is 4.39 Å². The summed E-state index contributed by atoms with van der Waals surface area (Å²) >= 11 is 4.57. The van der Waals surface area contributed by atoms with Crippen molar-refractivity contribution in [1.82, 2.24) is 4.57 Å². The Morgan fingerprint density at radius 3 is 2.64 bits per heavy atom. The molecule has 3 heterocycles. The molecule has 1 aliphatic rings. The highest BCUT2D eigenvalue weighted by atomic mass is 35.5. The molecule has 0 unspecified atom stereocenters. The van der Waals surface area contributed by atoms with Crippen molar-refractivity contribution in [3.8, 4) is 0 Å². The van der Waals surface area contributed by atoms with Gasteiger partial charge in [0.2, 0.25) is 0 Å². The highest BCUT2D eigenvalue weighted by molar-refractivity contribution is 8.08. The summed E-state index contributed by atoms with van der Waals surface area (Å²) in [5.41, 5.74) is 1.73. The largest absolute Gasteiger partial charge is 1.00 e. The normalized spacial score (nSPS) is 15.0. The highest BCUT2D eigenvalue weighted by Gasteiger charge is 2.27. The van der Waals surface area contributed by atoms with Gasteiger partial charge in [0.05, 0.1) is 17.1 Å². The Labute approximate surface area is 209 Å². The maximum absolute atomic E-state index is 14.4. The van der Waals surface area contributed by atoms with Crippen LogP contribution < -0.4 is 36.6 Å². The lowest BCUT2D eigenvalue weighted by Crippen LogP contribution is -3.00. The number of fused-ring (bicyclic) bond motifs is 1. The molecule has 0 bridgehead atoms. The molecule has 5 rings (SSSR count). The molecule has 0 fully saturated rings.